The van der Waals surface area contributed by atoms with Gasteiger partial charge in [0.25, 0.3) is 0 Å². The van der Waals surface area contributed by atoms with E-state index in [9.17, 15) is 18.0 Å². The molecule has 0 aromatic carbocycles. The van der Waals surface area contributed by atoms with Crippen LogP contribution in [0.2, 0.25) is 0 Å². The second kappa shape index (κ2) is 6.20. The predicted molar refractivity (Wildman–Crippen MR) is 71.4 cm³/mol. The Balaban J connectivity index is 1.70. The molecule has 0 bridgehead atoms. The summed E-state index contributed by atoms with van der Waals surface area (Å²) < 4.78 is 23.9. The van der Waals surface area contributed by atoms with E-state index < -0.39 is 15.8 Å². The molecule has 0 spiro atoms. The largest absolute Gasteiger partial charge is 0.476 e. The number of amides is 1. The van der Waals surface area contributed by atoms with Crippen LogP contribution in [0.25, 0.3) is 0 Å². The van der Waals surface area contributed by atoms with Crippen molar-refractivity contribution in [1.29, 1.82) is 0 Å². The molecule has 1 aromatic heterocycles. The minimum absolute atomic E-state index is 0.0749. The number of sulfone groups is 1. The van der Waals surface area contributed by atoms with E-state index in [4.69, 9.17) is 5.11 Å². The lowest BCUT2D eigenvalue weighted by atomic mass is 10.1. The van der Waals surface area contributed by atoms with Crippen LogP contribution in [0.3, 0.4) is 0 Å². The quantitative estimate of drug-likeness (QED) is 0.682. The minimum Gasteiger partial charge on any atom is -0.476 e. The fourth-order valence-electron chi connectivity index (χ4n) is 2.18. The molecule has 1 saturated heterocycles. The van der Waals surface area contributed by atoms with Gasteiger partial charge in [-0.25, -0.2) is 17.9 Å². The fourth-order valence-corrected chi connectivity index (χ4v) is 4.04. The van der Waals surface area contributed by atoms with Crippen LogP contribution >= 0.6 is 0 Å². The molecule has 2 rings (SSSR count). The maximum Gasteiger partial charge on any atom is 0.358 e. The molecule has 1 atom stereocenters. The molecule has 1 aliphatic heterocycles. The predicted octanol–water partition coefficient (Wildman–Crippen LogP) is -1.08. The maximum atomic E-state index is 11.7. The van der Waals surface area contributed by atoms with Gasteiger partial charge in [-0.05, 0) is 12.3 Å². The second-order valence-electron chi connectivity index (χ2n) is 5.00. The van der Waals surface area contributed by atoms with E-state index in [1.165, 1.54) is 10.9 Å². The van der Waals surface area contributed by atoms with E-state index >= 15 is 0 Å². The van der Waals surface area contributed by atoms with Crippen LogP contribution in [-0.2, 0) is 21.2 Å². The maximum absolute atomic E-state index is 11.7. The van der Waals surface area contributed by atoms with E-state index in [-0.39, 0.29) is 42.0 Å². The van der Waals surface area contributed by atoms with Crippen LogP contribution in [0, 0.1) is 5.92 Å². The van der Waals surface area contributed by atoms with Crippen LogP contribution < -0.4 is 5.32 Å². The third-order valence-electron chi connectivity index (χ3n) is 3.22. The van der Waals surface area contributed by atoms with Crippen molar-refractivity contribution in [2.45, 2.75) is 19.4 Å². The first kappa shape index (κ1) is 15.4. The average molecular weight is 316 g/mol. The van der Waals surface area contributed by atoms with Gasteiger partial charge in [0.1, 0.15) is 0 Å². The van der Waals surface area contributed by atoms with Gasteiger partial charge in [-0.15, -0.1) is 5.10 Å². The number of carboxylic acids is 1. The summed E-state index contributed by atoms with van der Waals surface area (Å²) in [6.45, 7) is 0.579. The Morgan fingerprint density at radius 1 is 1.48 bits per heavy atom. The number of carbonyl (C=O) groups is 2. The molecule has 2 N–H and O–H groups in total. The van der Waals surface area contributed by atoms with Gasteiger partial charge in [0, 0.05) is 13.0 Å². The van der Waals surface area contributed by atoms with E-state index in [1.54, 1.807) is 0 Å². The summed E-state index contributed by atoms with van der Waals surface area (Å²) >= 11 is 0. The fraction of sp³-hybridized carbons (Fsp3) is 0.636. The average Bonchev–Trinajstić information content (AvgIpc) is 2.96. The van der Waals surface area contributed by atoms with Gasteiger partial charge in [0.2, 0.25) is 5.91 Å². The third kappa shape index (κ3) is 4.52. The van der Waals surface area contributed by atoms with Gasteiger partial charge in [-0.2, -0.15) is 0 Å². The number of rotatable bonds is 6. The molecule has 21 heavy (non-hydrogen) atoms. The van der Waals surface area contributed by atoms with E-state index in [2.05, 4.69) is 15.6 Å². The number of nitrogens with zero attached hydrogens (tertiary/aromatic N) is 3. The standard InChI is InChI=1S/C11H16N4O5S/c16-10(5-8-1-4-21(19,20)7-8)12-2-3-15-6-9(11(17)18)13-14-15/h6,8H,1-5,7H2,(H,12,16)(H,17,18). The number of aromatic nitrogens is 3. The van der Waals surface area contributed by atoms with Crippen molar-refractivity contribution in [3.05, 3.63) is 11.9 Å². The molecule has 2 heterocycles. The van der Waals surface area contributed by atoms with Crippen LogP contribution in [-0.4, -0.2) is 58.4 Å². The van der Waals surface area contributed by atoms with E-state index in [0.717, 1.165) is 0 Å². The summed E-state index contributed by atoms with van der Waals surface area (Å²) in [4.78, 5) is 22.3. The molecule has 1 unspecified atom stereocenters. The summed E-state index contributed by atoms with van der Waals surface area (Å²) in [5.41, 5.74) is -0.155. The van der Waals surface area contributed by atoms with Crippen molar-refractivity contribution in [3.8, 4) is 0 Å². The zero-order valence-corrected chi connectivity index (χ0v) is 12.0. The Morgan fingerprint density at radius 2 is 2.24 bits per heavy atom. The molecular formula is C11H16N4O5S. The summed E-state index contributed by atoms with van der Waals surface area (Å²) in [6, 6.07) is 0. The molecule has 1 aromatic rings. The van der Waals surface area contributed by atoms with Crippen molar-refractivity contribution in [2.75, 3.05) is 18.1 Å². The summed E-state index contributed by atoms with van der Waals surface area (Å²) in [5, 5.41) is 18.4. The van der Waals surface area contributed by atoms with Gasteiger partial charge in [-0.1, -0.05) is 5.21 Å². The van der Waals surface area contributed by atoms with Gasteiger partial charge in [0.05, 0.1) is 24.2 Å². The zero-order chi connectivity index (χ0) is 15.5. The van der Waals surface area contributed by atoms with Gasteiger partial charge in [-0.3, -0.25) is 4.79 Å². The van der Waals surface area contributed by atoms with E-state index in [1.807, 2.05) is 0 Å². The summed E-state index contributed by atoms with van der Waals surface area (Å²) in [6.07, 6.45) is 2.00. The highest BCUT2D eigenvalue weighted by Gasteiger charge is 2.29. The van der Waals surface area contributed by atoms with Crippen LogP contribution in [0.4, 0.5) is 0 Å². The molecule has 9 nitrogen and oxygen atoms in total. The lowest BCUT2D eigenvalue weighted by Gasteiger charge is -2.08. The van der Waals surface area contributed by atoms with Crippen molar-refractivity contribution < 1.29 is 23.1 Å². The summed E-state index contributed by atoms with van der Waals surface area (Å²) in [5.74, 6) is -1.25. The monoisotopic (exact) mass is 316 g/mol. The highest BCUT2D eigenvalue weighted by Crippen LogP contribution is 2.21. The van der Waals surface area contributed by atoms with Crippen molar-refractivity contribution >= 4 is 21.7 Å². The topological polar surface area (TPSA) is 131 Å². The van der Waals surface area contributed by atoms with Crippen molar-refractivity contribution in [3.63, 3.8) is 0 Å². The highest BCUT2D eigenvalue weighted by molar-refractivity contribution is 7.91. The number of aromatic carboxylic acids is 1. The highest BCUT2D eigenvalue weighted by atomic mass is 32.2. The lowest BCUT2D eigenvalue weighted by Crippen LogP contribution is -2.29. The van der Waals surface area contributed by atoms with Crippen molar-refractivity contribution in [2.24, 2.45) is 5.92 Å². The first-order valence-electron chi connectivity index (χ1n) is 6.46. The molecule has 0 saturated carbocycles. The van der Waals surface area contributed by atoms with Crippen molar-refractivity contribution in [1.82, 2.24) is 20.3 Å². The number of hydrogen-bond acceptors (Lipinski definition) is 6. The number of hydrogen-bond donors (Lipinski definition) is 2. The van der Waals surface area contributed by atoms with Crippen LogP contribution in [0.5, 0.6) is 0 Å². The smallest absolute Gasteiger partial charge is 0.358 e. The molecule has 0 radical (unpaired) electrons. The molecule has 1 aliphatic rings. The first-order valence-corrected chi connectivity index (χ1v) is 8.28. The SMILES string of the molecule is O=C(CC1CCS(=O)(=O)C1)NCCn1cc(C(=O)O)nn1. The molecule has 10 heteroatoms. The Kier molecular flexibility index (Phi) is 4.56. The third-order valence-corrected chi connectivity index (χ3v) is 5.06. The zero-order valence-electron chi connectivity index (χ0n) is 11.2. The molecule has 116 valence electrons. The molecule has 0 aliphatic carbocycles. The first-order chi connectivity index (χ1) is 9.85. The van der Waals surface area contributed by atoms with Crippen LogP contribution in [0.1, 0.15) is 23.3 Å². The molecule has 1 fully saturated rings. The van der Waals surface area contributed by atoms with Gasteiger partial charge >= 0.3 is 5.97 Å². The van der Waals surface area contributed by atoms with Gasteiger partial charge in [0.15, 0.2) is 15.5 Å². The Morgan fingerprint density at radius 3 is 2.81 bits per heavy atom. The Hall–Kier alpha value is -1.97. The number of carbonyl (C=O) groups excluding carboxylic acids is 1. The normalized spacial score (nSPS) is 20.3. The van der Waals surface area contributed by atoms with E-state index in [0.29, 0.717) is 13.0 Å². The van der Waals surface area contributed by atoms with Crippen LogP contribution in [0.15, 0.2) is 6.20 Å². The lowest BCUT2D eigenvalue weighted by molar-refractivity contribution is -0.121. The minimum atomic E-state index is -2.97. The molecular weight excluding hydrogens is 300 g/mol. The van der Waals surface area contributed by atoms with Gasteiger partial charge < -0.3 is 10.4 Å². The molecule has 1 amide bonds. The number of nitrogens with one attached hydrogen (secondary N) is 1. The Labute approximate surface area is 121 Å². The summed E-state index contributed by atoms with van der Waals surface area (Å²) in [7, 11) is -2.97. The second-order valence-corrected chi connectivity index (χ2v) is 7.22. The number of carboxylic acid groups (broad SMARTS) is 1. The Bertz CT molecular complexity index is 639.